The van der Waals surface area contributed by atoms with Crippen molar-refractivity contribution < 1.29 is 9.00 Å². The van der Waals surface area contributed by atoms with Gasteiger partial charge in [-0.25, -0.2) is 0 Å². The second-order valence-electron chi connectivity index (χ2n) is 4.19. The monoisotopic (exact) mass is 304 g/mol. The quantitative estimate of drug-likeness (QED) is 0.755. The van der Waals surface area contributed by atoms with Crippen molar-refractivity contribution in [3.63, 3.8) is 0 Å². The second-order valence-corrected chi connectivity index (χ2v) is 6.97. The van der Waals surface area contributed by atoms with Gasteiger partial charge in [0.2, 0.25) is 10.1 Å². The van der Waals surface area contributed by atoms with Gasteiger partial charge in [-0.1, -0.05) is 25.2 Å². The molecule has 0 saturated heterocycles. The number of hydrogen-bond donors (Lipinski definition) is 2. The third kappa shape index (κ3) is 5.65. The molecule has 2 N–H and O–H groups in total. The minimum absolute atomic E-state index is 0.0801. The molecular weight excluding hydrogens is 284 g/mol. The SMILES string of the molecule is CCCNc1nnc(C(=O)NCCC(C)S(C)=O)s1. The van der Waals surface area contributed by atoms with Crippen molar-refractivity contribution in [2.24, 2.45) is 0 Å². The zero-order chi connectivity index (χ0) is 14.3. The third-order valence-electron chi connectivity index (χ3n) is 2.55. The molecule has 0 aromatic carbocycles. The smallest absolute Gasteiger partial charge is 0.282 e. The Balaban J connectivity index is 2.37. The summed E-state index contributed by atoms with van der Waals surface area (Å²) in [5.41, 5.74) is 0. The Labute approximate surface area is 119 Å². The molecule has 1 aromatic rings. The highest BCUT2D eigenvalue weighted by atomic mass is 32.2. The summed E-state index contributed by atoms with van der Waals surface area (Å²) in [4.78, 5) is 11.8. The summed E-state index contributed by atoms with van der Waals surface area (Å²) >= 11 is 1.24. The van der Waals surface area contributed by atoms with E-state index < -0.39 is 10.8 Å². The van der Waals surface area contributed by atoms with E-state index in [0.29, 0.717) is 23.1 Å². The van der Waals surface area contributed by atoms with Crippen LogP contribution in [0.5, 0.6) is 0 Å². The zero-order valence-corrected chi connectivity index (χ0v) is 13.1. The fourth-order valence-corrected chi connectivity index (χ4v) is 2.38. The standard InChI is InChI=1S/C11H20N4O2S2/c1-4-6-13-11-15-14-10(18-11)9(16)12-7-5-8(2)19(3)17/h8H,4-7H2,1-3H3,(H,12,16)(H,13,15). The highest BCUT2D eigenvalue weighted by molar-refractivity contribution is 7.84. The molecule has 0 fully saturated rings. The molecule has 8 heteroatoms. The second kappa shape index (κ2) is 8.21. The first-order chi connectivity index (χ1) is 9.04. The number of aromatic nitrogens is 2. The molecule has 0 aliphatic rings. The van der Waals surface area contributed by atoms with Crippen molar-refractivity contribution >= 4 is 33.2 Å². The minimum atomic E-state index is -0.856. The van der Waals surface area contributed by atoms with Crippen molar-refractivity contribution in [2.75, 3.05) is 24.7 Å². The van der Waals surface area contributed by atoms with Gasteiger partial charge < -0.3 is 10.6 Å². The van der Waals surface area contributed by atoms with Crippen LogP contribution in [-0.4, -0.2) is 44.9 Å². The number of anilines is 1. The number of rotatable bonds is 8. The number of amides is 1. The maximum atomic E-state index is 11.8. The number of nitrogens with one attached hydrogen (secondary N) is 2. The molecule has 1 aromatic heterocycles. The van der Waals surface area contributed by atoms with Crippen molar-refractivity contribution in [1.82, 2.24) is 15.5 Å². The highest BCUT2D eigenvalue weighted by Crippen LogP contribution is 2.14. The maximum Gasteiger partial charge on any atom is 0.282 e. The normalized spacial score (nSPS) is 13.8. The van der Waals surface area contributed by atoms with E-state index in [1.807, 2.05) is 6.92 Å². The van der Waals surface area contributed by atoms with Crippen LogP contribution in [0, 0.1) is 0 Å². The molecule has 0 saturated carbocycles. The fraction of sp³-hybridized carbons (Fsp3) is 0.727. The van der Waals surface area contributed by atoms with Gasteiger partial charge in [0.1, 0.15) is 0 Å². The van der Waals surface area contributed by atoms with Crippen LogP contribution in [0.1, 0.15) is 36.5 Å². The Morgan fingerprint density at radius 2 is 2.16 bits per heavy atom. The summed E-state index contributed by atoms with van der Waals surface area (Å²) in [5.74, 6) is -0.226. The molecule has 108 valence electrons. The summed E-state index contributed by atoms with van der Waals surface area (Å²) in [5, 5.41) is 14.7. The van der Waals surface area contributed by atoms with Crippen LogP contribution in [0.2, 0.25) is 0 Å². The molecule has 6 nitrogen and oxygen atoms in total. The summed E-state index contributed by atoms with van der Waals surface area (Å²) in [6.07, 6.45) is 3.35. The van der Waals surface area contributed by atoms with E-state index in [-0.39, 0.29) is 11.2 Å². The lowest BCUT2D eigenvalue weighted by Crippen LogP contribution is -2.27. The number of carbonyl (C=O) groups is 1. The topological polar surface area (TPSA) is 84.0 Å². The van der Waals surface area contributed by atoms with E-state index in [0.717, 1.165) is 13.0 Å². The van der Waals surface area contributed by atoms with Gasteiger partial charge in [0.15, 0.2) is 0 Å². The first-order valence-corrected chi connectivity index (χ1v) is 8.66. The average Bonchev–Trinajstić information content (AvgIpc) is 2.84. The molecular formula is C11H20N4O2S2. The molecule has 1 heterocycles. The van der Waals surface area contributed by atoms with E-state index in [9.17, 15) is 9.00 Å². The Bertz CT molecular complexity index is 436. The van der Waals surface area contributed by atoms with Crippen LogP contribution in [0.25, 0.3) is 0 Å². The lowest BCUT2D eigenvalue weighted by atomic mass is 10.3. The van der Waals surface area contributed by atoms with Crippen molar-refractivity contribution in [3.8, 4) is 0 Å². The zero-order valence-electron chi connectivity index (χ0n) is 11.4. The summed E-state index contributed by atoms with van der Waals surface area (Å²) < 4.78 is 11.2. The Morgan fingerprint density at radius 3 is 2.79 bits per heavy atom. The molecule has 0 radical (unpaired) electrons. The van der Waals surface area contributed by atoms with Crippen LogP contribution in [0.3, 0.4) is 0 Å². The number of carbonyl (C=O) groups excluding carboxylic acids is 1. The van der Waals surface area contributed by atoms with Gasteiger partial charge in [-0.15, -0.1) is 10.2 Å². The average molecular weight is 304 g/mol. The first kappa shape index (κ1) is 16.0. The van der Waals surface area contributed by atoms with Gasteiger partial charge >= 0.3 is 0 Å². The summed E-state index contributed by atoms with van der Waals surface area (Å²) in [7, 11) is -0.856. The Hall–Kier alpha value is -1.02. The predicted molar refractivity (Wildman–Crippen MR) is 79.2 cm³/mol. The van der Waals surface area contributed by atoms with E-state index in [4.69, 9.17) is 0 Å². The molecule has 0 aliphatic heterocycles. The van der Waals surface area contributed by atoms with Gasteiger partial charge in [0, 0.05) is 35.4 Å². The number of hydrogen-bond acceptors (Lipinski definition) is 6. The van der Waals surface area contributed by atoms with Crippen molar-refractivity contribution in [1.29, 1.82) is 0 Å². The summed E-state index contributed by atoms with van der Waals surface area (Å²) in [6.45, 7) is 5.27. The molecule has 0 bridgehead atoms. The molecule has 0 spiro atoms. The van der Waals surface area contributed by atoms with Crippen LogP contribution in [-0.2, 0) is 10.8 Å². The third-order valence-corrected chi connectivity index (χ3v) is 4.80. The lowest BCUT2D eigenvalue weighted by molar-refractivity contribution is 0.0952. The Kier molecular flexibility index (Phi) is 6.93. The van der Waals surface area contributed by atoms with E-state index in [1.165, 1.54) is 11.3 Å². The number of nitrogens with zero attached hydrogens (tertiary/aromatic N) is 2. The summed E-state index contributed by atoms with van der Waals surface area (Å²) in [6, 6.07) is 0. The van der Waals surface area contributed by atoms with Crippen molar-refractivity contribution in [2.45, 2.75) is 31.9 Å². The van der Waals surface area contributed by atoms with Gasteiger partial charge in [-0.2, -0.15) is 0 Å². The van der Waals surface area contributed by atoms with Crippen LogP contribution >= 0.6 is 11.3 Å². The largest absolute Gasteiger partial charge is 0.360 e. The van der Waals surface area contributed by atoms with E-state index in [1.54, 1.807) is 6.26 Å². The van der Waals surface area contributed by atoms with Gasteiger partial charge in [0.25, 0.3) is 5.91 Å². The van der Waals surface area contributed by atoms with Crippen LogP contribution in [0.4, 0.5) is 5.13 Å². The molecule has 2 unspecified atom stereocenters. The Morgan fingerprint density at radius 1 is 1.42 bits per heavy atom. The van der Waals surface area contributed by atoms with Crippen LogP contribution < -0.4 is 10.6 Å². The minimum Gasteiger partial charge on any atom is -0.360 e. The molecule has 19 heavy (non-hydrogen) atoms. The van der Waals surface area contributed by atoms with Crippen LogP contribution in [0.15, 0.2) is 0 Å². The van der Waals surface area contributed by atoms with E-state index in [2.05, 4.69) is 27.8 Å². The first-order valence-electron chi connectivity index (χ1n) is 6.22. The van der Waals surface area contributed by atoms with Gasteiger partial charge in [0.05, 0.1) is 0 Å². The van der Waals surface area contributed by atoms with Crippen molar-refractivity contribution in [3.05, 3.63) is 5.01 Å². The molecule has 1 rings (SSSR count). The maximum absolute atomic E-state index is 11.8. The molecule has 2 atom stereocenters. The molecule has 0 aliphatic carbocycles. The van der Waals surface area contributed by atoms with Gasteiger partial charge in [-0.05, 0) is 12.8 Å². The predicted octanol–water partition coefficient (Wildman–Crippen LogP) is 1.25. The van der Waals surface area contributed by atoms with Gasteiger partial charge in [-0.3, -0.25) is 9.00 Å². The molecule has 1 amide bonds. The fourth-order valence-electron chi connectivity index (χ4n) is 1.25. The van der Waals surface area contributed by atoms with E-state index >= 15 is 0 Å². The lowest BCUT2D eigenvalue weighted by Gasteiger charge is -2.07. The highest BCUT2D eigenvalue weighted by Gasteiger charge is 2.13.